The number of anilines is 8. The van der Waals surface area contributed by atoms with Gasteiger partial charge in [-0.2, -0.15) is 54.1 Å². The molecule has 2 aliphatic carbocycles. The smallest absolute Gasteiger partial charge is 0.296 e. The van der Waals surface area contributed by atoms with Crippen LogP contribution in [0.25, 0.3) is 12.2 Å². The predicted octanol–water partition coefficient (Wildman–Crippen LogP) is 6.87. The monoisotopic (exact) mass is 1100 g/mol. The van der Waals surface area contributed by atoms with E-state index >= 15 is 0 Å². The maximum Gasteiger partial charge on any atom is 0.296 e. The fourth-order valence-corrected chi connectivity index (χ4v) is 9.70. The largest absolute Gasteiger partial charge is 0.399 e. The molecule has 15 N–H and O–H groups in total. The van der Waals surface area contributed by atoms with Gasteiger partial charge in [0.05, 0.1) is 45.5 Å². The first-order valence-electron chi connectivity index (χ1n) is 20.7. The summed E-state index contributed by atoms with van der Waals surface area (Å²) >= 11 is 0. The molecule has 0 heterocycles. The summed E-state index contributed by atoms with van der Waals surface area (Å²) in [6, 6.07) is 23.2. The molecule has 0 saturated carbocycles. The first kappa shape index (κ1) is 52.2. The lowest BCUT2D eigenvalue weighted by molar-refractivity contribution is 0.105. The molecule has 31 heteroatoms. The lowest BCUT2D eigenvalue weighted by Gasteiger charge is -2.17. The Kier molecular flexibility index (Phi) is 13.8. The number of rotatable bonds is 14. The number of fused-ring (bicyclic) bond motifs is 2. The van der Waals surface area contributed by atoms with Crippen molar-refractivity contribution in [2.24, 2.45) is 30.7 Å². The number of hydrazone groups is 2. The molecule has 0 aliphatic heterocycles. The van der Waals surface area contributed by atoms with Gasteiger partial charge in [-0.15, -0.1) is 10.2 Å². The molecule has 0 fully saturated rings. The van der Waals surface area contributed by atoms with Crippen molar-refractivity contribution in [1.29, 1.82) is 0 Å². The van der Waals surface area contributed by atoms with Crippen LogP contribution in [0.1, 0.15) is 31.8 Å². The lowest BCUT2D eigenvalue weighted by atomic mass is 9.94. The highest BCUT2D eigenvalue weighted by molar-refractivity contribution is 7.91. The van der Waals surface area contributed by atoms with Crippen LogP contribution in [0.3, 0.4) is 0 Å². The number of hydrogen-bond donors (Lipinski definition) is 11. The van der Waals surface area contributed by atoms with Crippen LogP contribution in [0.4, 0.5) is 68.2 Å². The van der Waals surface area contributed by atoms with Gasteiger partial charge in [-0.05, 0) is 120 Å². The van der Waals surface area contributed by atoms with Crippen molar-refractivity contribution in [3.63, 3.8) is 0 Å². The maximum absolute atomic E-state index is 13.8. The molecule has 0 spiro atoms. The van der Waals surface area contributed by atoms with E-state index in [1.165, 1.54) is 78.9 Å². The van der Waals surface area contributed by atoms with E-state index in [4.69, 9.17) is 22.9 Å². The first-order chi connectivity index (χ1) is 35.1. The van der Waals surface area contributed by atoms with Crippen molar-refractivity contribution in [3.05, 3.63) is 141 Å². The molecule has 2 aliphatic rings. The molecule has 0 aromatic heterocycles. The number of azo groups is 2. The average molecular weight is 1100 g/mol. The zero-order chi connectivity index (χ0) is 54.4. The molecule has 0 amide bonds. The Morgan fingerprint density at radius 3 is 1.41 bits per heavy atom. The quantitative estimate of drug-likeness (QED) is 0.0229. The predicted molar refractivity (Wildman–Crippen MR) is 277 cm³/mol. The van der Waals surface area contributed by atoms with Gasteiger partial charge in [0.15, 0.2) is 11.4 Å². The van der Waals surface area contributed by atoms with E-state index in [9.17, 15) is 61.5 Å². The normalized spacial score (nSPS) is 15.2. The van der Waals surface area contributed by atoms with Crippen LogP contribution >= 0.6 is 0 Å². The van der Waals surface area contributed by atoms with Gasteiger partial charge in [-0.3, -0.25) is 38.7 Å². The lowest BCUT2D eigenvalue weighted by Crippen LogP contribution is -2.27. The number of carbonyl (C=O) groups is 2. The maximum atomic E-state index is 13.8. The van der Waals surface area contributed by atoms with E-state index in [0.717, 1.165) is 36.4 Å². The molecule has 8 rings (SSSR count). The van der Waals surface area contributed by atoms with Crippen LogP contribution in [0.15, 0.2) is 159 Å². The second-order valence-corrected chi connectivity index (χ2v) is 21.4. The van der Waals surface area contributed by atoms with E-state index in [2.05, 4.69) is 46.8 Å². The molecular weight excluding hydrogens is 1060 g/mol. The van der Waals surface area contributed by atoms with Gasteiger partial charge in [0.2, 0.25) is 11.6 Å². The number of ketones is 2. The highest BCUT2D eigenvalue weighted by atomic mass is 32.2. The number of allylic oxidation sites excluding steroid dienone is 2. The number of nitrogens with two attached hydrogens (primary N) is 4. The summed E-state index contributed by atoms with van der Waals surface area (Å²) in [5.74, 6) is -1.98. The third-order valence-corrected chi connectivity index (χ3v) is 14.2. The van der Waals surface area contributed by atoms with Crippen LogP contribution in [0.2, 0.25) is 0 Å². The fourth-order valence-electron chi connectivity index (χ4n) is 7.09. The molecule has 75 heavy (non-hydrogen) atoms. The molecule has 6 aromatic carbocycles. The number of carbonyl (C=O) groups excluding carboxylic acids is 2. The van der Waals surface area contributed by atoms with Crippen molar-refractivity contribution >= 4 is 144 Å². The Hall–Kier alpha value is -9.08. The van der Waals surface area contributed by atoms with Crippen molar-refractivity contribution in [2.45, 2.75) is 9.79 Å². The number of Topliss-reactive ketones (excluding diaryl/α,β-unsaturated/α-hetero) is 2. The Bertz CT molecular complexity index is 4120. The summed E-state index contributed by atoms with van der Waals surface area (Å²) in [5.41, 5.74) is 26.7. The summed E-state index contributed by atoms with van der Waals surface area (Å²) in [7, 11) is -20.0. The van der Waals surface area contributed by atoms with Crippen LogP contribution in [-0.2, 0) is 40.5 Å². The topological polar surface area (TPSA) is 466 Å². The number of hydrogen-bond acceptors (Lipinski definition) is 23. The minimum atomic E-state index is -5.14. The molecule has 0 saturated heterocycles. The van der Waals surface area contributed by atoms with E-state index in [1.54, 1.807) is 6.07 Å². The van der Waals surface area contributed by atoms with E-state index < -0.39 is 83.1 Å². The van der Waals surface area contributed by atoms with Crippen molar-refractivity contribution in [1.82, 2.24) is 0 Å². The Morgan fingerprint density at radius 2 is 0.907 bits per heavy atom. The fraction of sp³-hybridized carbons (Fsp3) is 0. The van der Waals surface area contributed by atoms with Gasteiger partial charge in [0, 0.05) is 22.5 Å². The second kappa shape index (κ2) is 19.7. The van der Waals surface area contributed by atoms with E-state index in [-0.39, 0.29) is 79.1 Å². The van der Waals surface area contributed by atoms with Crippen molar-refractivity contribution < 1.29 is 61.5 Å². The summed E-state index contributed by atoms with van der Waals surface area (Å²) in [4.78, 5) is 24.3. The Balaban J connectivity index is 1.00. The van der Waals surface area contributed by atoms with Gasteiger partial charge < -0.3 is 28.3 Å². The third kappa shape index (κ3) is 11.6. The molecule has 0 unspecified atom stereocenters. The van der Waals surface area contributed by atoms with Crippen LogP contribution < -0.4 is 39.1 Å². The minimum Gasteiger partial charge on any atom is -0.399 e. The van der Waals surface area contributed by atoms with Gasteiger partial charge in [0.25, 0.3) is 40.5 Å². The van der Waals surface area contributed by atoms with Gasteiger partial charge in [0.1, 0.15) is 31.0 Å². The molecule has 0 atom stereocenters. The van der Waals surface area contributed by atoms with Crippen molar-refractivity contribution in [2.75, 3.05) is 39.1 Å². The zero-order valence-corrected chi connectivity index (χ0v) is 40.8. The zero-order valence-electron chi connectivity index (χ0n) is 37.5. The van der Waals surface area contributed by atoms with Crippen molar-refractivity contribution in [3.8, 4) is 0 Å². The number of nitrogens with zero attached hydrogens (tertiary/aromatic N) is 6. The van der Waals surface area contributed by atoms with E-state index in [1.807, 2.05) is 0 Å². The molecule has 384 valence electrons. The second-order valence-electron chi connectivity index (χ2n) is 15.8. The molecule has 0 radical (unpaired) electrons. The van der Waals surface area contributed by atoms with Crippen LogP contribution in [0, 0.1) is 0 Å². The summed E-state index contributed by atoms with van der Waals surface area (Å²) in [5, 5.41) is 26.6. The SMILES string of the molecule is Nc1ccc(N=Nc2ccc3c(c2)C(=O)/C(=N/Nc2ccc(Nc4ccc(N/N=C5/C(=O)c6cc(N=Nc7cc(S(=O)(=O)O)c(N)cc7N)ccc6C=C5S(=O)(=O)O)cc4S(=O)(=O)O)cc2)C(S(=O)(=O)O)=C3)c(N)c1. The highest BCUT2D eigenvalue weighted by Gasteiger charge is 2.35. The van der Waals surface area contributed by atoms with Gasteiger partial charge >= 0.3 is 0 Å². The number of nitrogens with one attached hydrogen (secondary N) is 3. The van der Waals surface area contributed by atoms with E-state index in [0.29, 0.717) is 11.4 Å². The highest BCUT2D eigenvalue weighted by Crippen LogP contribution is 2.36. The molecule has 0 bridgehead atoms. The molecule has 6 aromatic rings. The number of nitrogen functional groups attached to an aromatic ring is 4. The number of benzene rings is 6. The van der Waals surface area contributed by atoms with Gasteiger partial charge in [-0.25, -0.2) is 0 Å². The average Bonchev–Trinajstić information content (AvgIpc) is 3.32. The third-order valence-electron chi connectivity index (χ3n) is 10.6. The standard InChI is InChI=1S/C44H35N13O14S4/c45-23-3-11-34(31(46)15-23)54-51-26-4-1-21-13-39(74(66,67)68)41(43(58)29(21)16-26)56-50-25-8-6-24(7-9-25)49-35-12-10-28(18-38(35)73(63,64)65)53-57-42-40(75(69,70)71)14-22-2-5-27(17-30(22)44(42)59)52-55-36-20-37(72(60,61)62)33(48)19-32(36)47/h1-20,49-50,53H,45-48H2,(H,60,61,62)(H,63,64,65)(H,66,67,68)(H,69,70,71)/b54-51?,55-52?,56-41+,57-42+. The summed E-state index contributed by atoms with van der Waals surface area (Å²) in [6.07, 6.45) is 1.97. The first-order valence-corrected chi connectivity index (χ1v) is 26.5. The minimum absolute atomic E-state index is 0.0150. The summed E-state index contributed by atoms with van der Waals surface area (Å²) < 4.78 is 138. The Labute approximate surface area is 424 Å². The van der Waals surface area contributed by atoms with Crippen LogP contribution in [-0.4, -0.2) is 74.9 Å². The van der Waals surface area contributed by atoms with Crippen LogP contribution in [0.5, 0.6) is 0 Å². The molecule has 27 nitrogen and oxygen atoms in total. The van der Waals surface area contributed by atoms with Gasteiger partial charge in [-0.1, -0.05) is 12.1 Å². The Morgan fingerprint density at radius 1 is 0.427 bits per heavy atom. The molecular formula is C44H35N13O14S4. The summed E-state index contributed by atoms with van der Waals surface area (Å²) in [6.45, 7) is 0.